The second kappa shape index (κ2) is 8.45. The molecular formula is C22H20FNO3. The largest absolute Gasteiger partial charge is 0.455 e. The highest BCUT2D eigenvalue weighted by atomic mass is 19.1. The number of hydrogen-bond donors (Lipinski definition) is 0. The highest BCUT2D eigenvalue weighted by Gasteiger charge is 2.18. The minimum Gasteiger partial charge on any atom is -0.455 e. The number of carbonyl (C=O) groups excluding carboxylic acids is 2. The number of carbonyl (C=O) groups is 2. The first-order valence-electron chi connectivity index (χ1n) is 8.76. The van der Waals surface area contributed by atoms with E-state index in [9.17, 15) is 14.0 Å². The number of ether oxygens (including phenoxy) is 1. The highest BCUT2D eigenvalue weighted by molar-refractivity contribution is 6.04. The van der Waals surface area contributed by atoms with Crippen LogP contribution in [0.2, 0.25) is 0 Å². The molecular weight excluding hydrogens is 345 g/mol. The van der Waals surface area contributed by atoms with E-state index in [-0.39, 0.29) is 18.9 Å². The third kappa shape index (κ3) is 4.50. The Bertz CT molecular complexity index is 965. The zero-order valence-corrected chi connectivity index (χ0v) is 15.0. The maximum atomic E-state index is 13.2. The number of amides is 1. The molecule has 0 fully saturated rings. The zero-order valence-electron chi connectivity index (χ0n) is 15.0. The van der Waals surface area contributed by atoms with Gasteiger partial charge in [-0.15, -0.1) is 0 Å². The standard InChI is InChI=1S/C22H20FNO3/c1-2-24(20-12-6-9-17-8-3-4-11-19(17)20)21(25)15-27-22(26)14-16-7-5-10-18(23)13-16/h3-13H,2,14-15H2,1H3. The first-order chi connectivity index (χ1) is 13.1. The van der Waals surface area contributed by atoms with E-state index in [4.69, 9.17) is 4.74 Å². The fourth-order valence-corrected chi connectivity index (χ4v) is 3.01. The van der Waals surface area contributed by atoms with Gasteiger partial charge in [-0.1, -0.05) is 48.5 Å². The topological polar surface area (TPSA) is 46.6 Å². The van der Waals surface area contributed by atoms with Gasteiger partial charge in [0, 0.05) is 11.9 Å². The molecule has 1 amide bonds. The Morgan fingerprint density at radius 3 is 2.52 bits per heavy atom. The van der Waals surface area contributed by atoms with E-state index in [1.165, 1.54) is 18.2 Å². The molecule has 0 atom stereocenters. The van der Waals surface area contributed by atoms with Gasteiger partial charge in [0.15, 0.2) is 6.61 Å². The molecule has 3 aromatic carbocycles. The van der Waals surface area contributed by atoms with E-state index in [1.54, 1.807) is 11.0 Å². The van der Waals surface area contributed by atoms with Crippen molar-refractivity contribution in [3.63, 3.8) is 0 Å². The maximum absolute atomic E-state index is 13.2. The predicted octanol–water partition coefficient (Wildman–Crippen LogP) is 4.12. The van der Waals surface area contributed by atoms with E-state index < -0.39 is 11.8 Å². The van der Waals surface area contributed by atoms with Crippen molar-refractivity contribution in [3.8, 4) is 0 Å². The van der Waals surface area contributed by atoms with Gasteiger partial charge < -0.3 is 9.64 Å². The third-order valence-electron chi connectivity index (χ3n) is 4.27. The molecule has 0 aromatic heterocycles. The number of esters is 1. The lowest BCUT2D eigenvalue weighted by molar-refractivity contribution is -0.147. The average molecular weight is 365 g/mol. The Kier molecular flexibility index (Phi) is 5.81. The Labute approximate surface area is 157 Å². The molecule has 0 aliphatic rings. The van der Waals surface area contributed by atoms with E-state index >= 15 is 0 Å². The fraction of sp³-hybridized carbons (Fsp3) is 0.182. The van der Waals surface area contributed by atoms with Crippen molar-refractivity contribution in [2.45, 2.75) is 13.3 Å². The molecule has 0 spiro atoms. The van der Waals surface area contributed by atoms with Crippen LogP contribution < -0.4 is 4.90 Å². The summed E-state index contributed by atoms with van der Waals surface area (Å²) in [5, 5.41) is 1.99. The number of likely N-dealkylation sites (N-methyl/N-ethyl adjacent to an activating group) is 1. The summed E-state index contributed by atoms with van der Waals surface area (Å²) in [6, 6.07) is 19.3. The number of benzene rings is 3. The number of fused-ring (bicyclic) bond motifs is 1. The van der Waals surface area contributed by atoms with Crippen LogP contribution in [0.1, 0.15) is 12.5 Å². The number of hydrogen-bond acceptors (Lipinski definition) is 3. The van der Waals surface area contributed by atoms with Gasteiger partial charge in [-0.3, -0.25) is 9.59 Å². The van der Waals surface area contributed by atoms with Crippen molar-refractivity contribution in [2.24, 2.45) is 0 Å². The van der Waals surface area contributed by atoms with Gasteiger partial charge in [0.1, 0.15) is 5.82 Å². The number of rotatable bonds is 6. The van der Waals surface area contributed by atoms with Crippen molar-refractivity contribution < 1.29 is 18.7 Å². The van der Waals surface area contributed by atoms with Crippen LogP contribution in [0.25, 0.3) is 10.8 Å². The van der Waals surface area contributed by atoms with Crippen LogP contribution >= 0.6 is 0 Å². The first-order valence-corrected chi connectivity index (χ1v) is 8.76. The summed E-state index contributed by atoms with van der Waals surface area (Å²) in [5.41, 5.74) is 1.29. The van der Waals surface area contributed by atoms with E-state index in [2.05, 4.69) is 0 Å². The smallest absolute Gasteiger partial charge is 0.310 e. The Morgan fingerprint density at radius 1 is 1.00 bits per heavy atom. The fourth-order valence-electron chi connectivity index (χ4n) is 3.01. The molecule has 0 aliphatic carbocycles. The summed E-state index contributed by atoms with van der Waals surface area (Å²) in [4.78, 5) is 26.2. The molecule has 138 valence electrons. The number of nitrogens with zero attached hydrogens (tertiary/aromatic N) is 1. The maximum Gasteiger partial charge on any atom is 0.310 e. The summed E-state index contributed by atoms with van der Waals surface area (Å²) in [5.74, 6) is -1.28. The third-order valence-corrected chi connectivity index (χ3v) is 4.27. The lowest BCUT2D eigenvalue weighted by Gasteiger charge is -2.22. The Balaban J connectivity index is 1.67. The molecule has 4 nitrogen and oxygen atoms in total. The summed E-state index contributed by atoms with van der Waals surface area (Å²) in [6.45, 7) is 1.97. The van der Waals surface area contributed by atoms with Gasteiger partial charge >= 0.3 is 5.97 Å². The number of anilines is 1. The second-order valence-electron chi connectivity index (χ2n) is 6.10. The van der Waals surface area contributed by atoms with Gasteiger partial charge in [0.05, 0.1) is 12.1 Å². The quantitative estimate of drug-likeness (QED) is 0.618. The Hall–Kier alpha value is -3.21. The lowest BCUT2D eigenvalue weighted by atomic mass is 10.1. The van der Waals surface area contributed by atoms with Gasteiger partial charge in [-0.05, 0) is 36.1 Å². The van der Waals surface area contributed by atoms with Gasteiger partial charge in [0.2, 0.25) is 0 Å². The molecule has 0 bridgehead atoms. The van der Waals surface area contributed by atoms with Crippen LogP contribution in [0.15, 0.2) is 66.7 Å². The number of halogens is 1. The highest BCUT2D eigenvalue weighted by Crippen LogP contribution is 2.26. The van der Waals surface area contributed by atoms with Crippen LogP contribution in [-0.2, 0) is 20.7 Å². The van der Waals surface area contributed by atoms with Crippen LogP contribution in [0.4, 0.5) is 10.1 Å². The molecule has 3 aromatic rings. The van der Waals surface area contributed by atoms with E-state index in [1.807, 2.05) is 49.4 Å². The van der Waals surface area contributed by atoms with Crippen LogP contribution in [0, 0.1) is 5.82 Å². The van der Waals surface area contributed by atoms with E-state index in [0.29, 0.717) is 12.1 Å². The summed E-state index contributed by atoms with van der Waals surface area (Å²) >= 11 is 0. The van der Waals surface area contributed by atoms with Crippen LogP contribution in [0.5, 0.6) is 0 Å². The van der Waals surface area contributed by atoms with Crippen molar-refractivity contribution in [3.05, 3.63) is 78.1 Å². The first kappa shape index (κ1) is 18.6. The molecule has 3 rings (SSSR count). The average Bonchev–Trinajstić information content (AvgIpc) is 2.67. The second-order valence-corrected chi connectivity index (χ2v) is 6.10. The summed E-state index contributed by atoms with van der Waals surface area (Å²) in [6.07, 6.45) is -0.0779. The van der Waals surface area contributed by atoms with Gasteiger partial charge in [-0.25, -0.2) is 4.39 Å². The molecule has 0 radical (unpaired) electrons. The van der Waals surface area contributed by atoms with Crippen molar-refractivity contribution in [1.29, 1.82) is 0 Å². The summed E-state index contributed by atoms with van der Waals surface area (Å²) < 4.78 is 18.3. The van der Waals surface area contributed by atoms with Crippen LogP contribution in [0.3, 0.4) is 0 Å². The molecule has 5 heteroatoms. The predicted molar refractivity (Wildman–Crippen MR) is 103 cm³/mol. The lowest BCUT2D eigenvalue weighted by Crippen LogP contribution is -2.34. The minimum atomic E-state index is -0.567. The van der Waals surface area contributed by atoms with E-state index in [0.717, 1.165) is 16.5 Å². The minimum absolute atomic E-state index is 0.0779. The molecule has 0 heterocycles. The molecule has 27 heavy (non-hydrogen) atoms. The van der Waals surface area contributed by atoms with Crippen molar-refractivity contribution in [1.82, 2.24) is 0 Å². The molecule has 0 N–H and O–H groups in total. The summed E-state index contributed by atoms with van der Waals surface area (Å²) in [7, 11) is 0. The van der Waals surface area contributed by atoms with Crippen molar-refractivity contribution in [2.75, 3.05) is 18.1 Å². The monoisotopic (exact) mass is 365 g/mol. The zero-order chi connectivity index (χ0) is 19.2. The SMILES string of the molecule is CCN(C(=O)COC(=O)Cc1cccc(F)c1)c1cccc2ccccc12. The Morgan fingerprint density at radius 2 is 1.74 bits per heavy atom. The normalized spacial score (nSPS) is 10.6. The van der Waals surface area contributed by atoms with Gasteiger partial charge in [-0.2, -0.15) is 0 Å². The molecule has 0 saturated carbocycles. The molecule has 0 unspecified atom stereocenters. The van der Waals surface area contributed by atoms with Crippen LogP contribution in [-0.4, -0.2) is 25.0 Å². The molecule has 0 aliphatic heterocycles. The van der Waals surface area contributed by atoms with Crippen molar-refractivity contribution >= 4 is 28.3 Å². The van der Waals surface area contributed by atoms with Gasteiger partial charge in [0.25, 0.3) is 5.91 Å². The molecule has 0 saturated heterocycles.